The smallest absolute Gasteiger partial charge is 0.412 e. The van der Waals surface area contributed by atoms with Crippen molar-refractivity contribution in [3.8, 4) is 11.6 Å². The molecule has 2 aromatic rings. The van der Waals surface area contributed by atoms with E-state index < -0.39 is 74.8 Å². The summed E-state index contributed by atoms with van der Waals surface area (Å²) in [5, 5.41) is 8.50. The molecule has 5 amide bonds. The molecule has 4 N–H and O–H groups in total. The zero-order valence-electron chi connectivity index (χ0n) is 35.4. The molecule has 7 atom stereocenters. The summed E-state index contributed by atoms with van der Waals surface area (Å²) in [5.41, 5.74) is -0.587. The second-order valence-corrected chi connectivity index (χ2v) is 20.1. The highest BCUT2D eigenvalue weighted by molar-refractivity contribution is 7.91. The van der Waals surface area contributed by atoms with Crippen molar-refractivity contribution >= 4 is 50.8 Å². The van der Waals surface area contributed by atoms with Crippen LogP contribution in [0.2, 0.25) is 0 Å². The van der Waals surface area contributed by atoms with Gasteiger partial charge in [0.1, 0.15) is 29.8 Å². The van der Waals surface area contributed by atoms with Gasteiger partial charge in [0.15, 0.2) is 5.75 Å². The number of carbonyl (C=O) groups excluding carboxylic acids is 5. The Morgan fingerprint density at radius 2 is 1.76 bits per heavy atom. The molecule has 0 spiro atoms. The lowest BCUT2D eigenvalue weighted by molar-refractivity contribution is -0.142. The lowest BCUT2D eigenvalue weighted by atomic mass is 9.96. The van der Waals surface area contributed by atoms with Crippen LogP contribution in [0.15, 0.2) is 49.1 Å². The van der Waals surface area contributed by atoms with Gasteiger partial charge in [-0.05, 0) is 108 Å². The van der Waals surface area contributed by atoms with E-state index in [4.69, 9.17) is 19.2 Å². The molecule has 1 aromatic heterocycles. The standard InChI is InChI=1S/C45H58N6O10S/c1-4-29-24-45(29,42(54)50-62(57,58)31-21-22-31)49-39(52)35-23-30-25-51(35)41(53)37(28-14-8-9-15-28)48-44(56)60-36-20-12-16-27(36)13-6-5-7-18-33-38(61-43(55)46-26(2)3)32-17-10-11-19-34(32)47-40(33)59-30/h4-5,7,10-11,17,19,26-31,35-37H,1,6,8-9,12-16,18,20-25H2,2-3H3,(H,46,55)(H,48,56)(H,49,52)(H,50,54)/b7-5-/t27-,29-,30-,35+,36-,37+,45-/m1/s1. The van der Waals surface area contributed by atoms with Crippen molar-refractivity contribution in [2.75, 3.05) is 6.54 Å². The van der Waals surface area contributed by atoms with Crippen LogP contribution in [-0.4, -0.2) is 95.9 Å². The molecule has 17 heteroatoms. The van der Waals surface area contributed by atoms with Crippen molar-refractivity contribution in [1.29, 1.82) is 0 Å². The fourth-order valence-electron chi connectivity index (χ4n) is 9.77. The molecular formula is C45H58N6O10S. The SMILES string of the molecule is C=C[C@@H]1C[C@]1(NC(=O)[C@@H]1C[C@@H]2CN1C(=O)[C@H](C1CCCC1)NC(=O)O[C@@H]1CCC[C@H]1CC/C=C\Cc1c(nc3ccccc3c1OC(=O)NC(C)C)O2)C(=O)NS(=O)(=O)C1CC1. The largest absolute Gasteiger partial charge is 0.472 e. The van der Waals surface area contributed by atoms with Gasteiger partial charge in [-0.3, -0.25) is 19.1 Å². The minimum absolute atomic E-state index is 0.0339. The van der Waals surface area contributed by atoms with Crippen LogP contribution in [0.1, 0.15) is 103 Å². The number of benzene rings is 1. The number of rotatable bonds is 9. The first kappa shape index (κ1) is 43.5. The Labute approximate surface area is 362 Å². The summed E-state index contributed by atoms with van der Waals surface area (Å²) in [4.78, 5) is 76.6. The topological polar surface area (TPSA) is 211 Å². The van der Waals surface area contributed by atoms with Crippen molar-refractivity contribution in [3.05, 3.63) is 54.6 Å². The molecule has 334 valence electrons. The van der Waals surface area contributed by atoms with Crippen LogP contribution in [0.5, 0.6) is 11.6 Å². The fourth-order valence-corrected chi connectivity index (χ4v) is 11.1. The third-order valence-corrected chi connectivity index (χ3v) is 15.1. The number of nitrogens with zero attached hydrogens (tertiary/aromatic N) is 2. The number of aromatic nitrogens is 1. The summed E-state index contributed by atoms with van der Waals surface area (Å²) in [6.45, 7) is 7.39. The van der Waals surface area contributed by atoms with Crippen LogP contribution < -0.4 is 30.1 Å². The maximum Gasteiger partial charge on any atom is 0.412 e. The van der Waals surface area contributed by atoms with Gasteiger partial charge in [-0.25, -0.2) is 23.0 Å². The maximum absolute atomic E-state index is 15.0. The molecule has 2 aliphatic heterocycles. The molecule has 5 fully saturated rings. The Balaban J connectivity index is 1.17. The van der Waals surface area contributed by atoms with E-state index in [0.29, 0.717) is 55.0 Å². The number of carbonyl (C=O) groups is 5. The van der Waals surface area contributed by atoms with E-state index in [1.165, 1.54) is 11.0 Å². The number of hydrogen-bond acceptors (Lipinski definition) is 11. The molecule has 0 radical (unpaired) electrons. The summed E-state index contributed by atoms with van der Waals surface area (Å²) in [5.74, 6) is -2.21. The van der Waals surface area contributed by atoms with Crippen molar-refractivity contribution in [2.45, 2.75) is 145 Å². The molecule has 3 heterocycles. The first-order valence-electron chi connectivity index (χ1n) is 22.3. The number of allylic oxidation sites excluding steroid dienone is 2. The zero-order valence-corrected chi connectivity index (χ0v) is 36.3. The van der Waals surface area contributed by atoms with Gasteiger partial charge in [0.05, 0.1) is 22.9 Å². The average molecular weight is 875 g/mol. The number of alkyl carbamates (subject to hydrolysis) is 1. The molecular weight excluding hydrogens is 817 g/mol. The number of para-hydroxylation sites is 1. The second-order valence-electron chi connectivity index (χ2n) is 18.1. The molecule has 6 aliphatic rings. The van der Waals surface area contributed by atoms with Crippen LogP contribution in [0.4, 0.5) is 9.59 Å². The molecule has 8 rings (SSSR count). The number of sulfonamides is 1. The highest BCUT2D eigenvalue weighted by Crippen LogP contribution is 2.46. The predicted octanol–water partition coefficient (Wildman–Crippen LogP) is 5.10. The Bertz CT molecular complexity index is 2240. The first-order chi connectivity index (χ1) is 29.8. The Morgan fingerprint density at radius 1 is 1.00 bits per heavy atom. The Hall–Kier alpha value is -5.19. The summed E-state index contributed by atoms with van der Waals surface area (Å²) in [7, 11) is -3.94. The van der Waals surface area contributed by atoms with E-state index in [1.807, 2.05) is 38.1 Å². The van der Waals surface area contributed by atoms with E-state index in [9.17, 15) is 27.6 Å². The molecule has 62 heavy (non-hydrogen) atoms. The summed E-state index contributed by atoms with van der Waals surface area (Å²) >= 11 is 0. The van der Waals surface area contributed by atoms with Gasteiger partial charge in [-0.15, -0.1) is 6.58 Å². The maximum atomic E-state index is 15.0. The fraction of sp³-hybridized carbons (Fsp3) is 0.600. The third kappa shape index (κ3) is 9.27. The average Bonchev–Trinajstić information content (AvgIpc) is 4.02. The van der Waals surface area contributed by atoms with Crippen molar-refractivity contribution in [1.82, 2.24) is 30.6 Å². The normalized spacial score (nSPS) is 29.8. The lowest BCUT2D eigenvalue weighted by Crippen LogP contribution is -2.59. The minimum Gasteiger partial charge on any atom is -0.472 e. The lowest BCUT2D eigenvalue weighted by Gasteiger charge is -2.32. The molecule has 0 unspecified atom stereocenters. The van der Waals surface area contributed by atoms with E-state index in [0.717, 1.165) is 32.1 Å². The van der Waals surface area contributed by atoms with Crippen LogP contribution in [0.25, 0.3) is 10.9 Å². The van der Waals surface area contributed by atoms with Gasteiger partial charge in [0.25, 0.3) is 5.91 Å². The number of pyridine rings is 1. The van der Waals surface area contributed by atoms with Crippen LogP contribution in [0, 0.1) is 17.8 Å². The van der Waals surface area contributed by atoms with Crippen molar-refractivity contribution < 1.29 is 46.6 Å². The van der Waals surface area contributed by atoms with Gasteiger partial charge < -0.3 is 35.1 Å². The zero-order chi connectivity index (χ0) is 43.8. The monoisotopic (exact) mass is 874 g/mol. The minimum atomic E-state index is -3.94. The number of ether oxygens (including phenoxy) is 3. The van der Waals surface area contributed by atoms with Crippen LogP contribution >= 0.6 is 0 Å². The van der Waals surface area contributed by atoms with E-state index in [1.54, 1.807) is 6.07 Å². The van der Waals surface area contributed by atoms with Crippen LogP contribution in [0.3, 0.4) is 0 Å². The summed E-state index contributed by atoms with van der Waals surface area (Å²) < 4.78 is 46.8. The Morgan fingerprint density at radius 3 is 2.48 bits per heavy atom. The molecule has 16 nitrogen and oxygen atoms in total. The second kappa shape index (κ2) is 17.9. The van der Waals surface area contributed by atoms with Gasteiger partial charge >= 0.3 is 12.2 Å². The van der Waals surface area contributed by atoms with Crippen molar-refractivity contribution in [3.63, 3.8) is 0 Å². The molecule has 1 saturated heterocycles. The van der Waals surface area contributed by atoms with Crippen molar-refractivity contribution in [2.24, 2.45) is 17.8 Å². The number of fused-ring (bicyclic) bond motifs is 5. The van der Waals surface area contributed by atoms with Gasteiger partial charge in [-0.2, -0.15) is 0 Å². The molecule has 4 aliphatic carbocycles. The summed E-state index contributed by atoms with van der Waals surface area (Å²) in [6.07, 6.45) is 11.5. The highest BCUT2D eigenvalue weighted by Gasteiger charge is 2.62. The molecule has 4 saturated carbocycles. The number of hydrogen-bond donors (Lipinski definition) is 4. The predicted molar refractivity (Wildman–Crippen MR) is 228 cm³/mol. The van der Waals surface area contributed by atoms with Crippen LogP contribution in [-0.2, 0) is 35.6 Å². The van der Waals surface area contributed by atoms with Gasteiger partial charge in [0, 0.05) is 23.8 Å². The van der Waals surface area contributed by atoms with E-state index in [-0.39, 0.29) is 61.4 Å². The number of nitrogens with one attached hydrogen (secondary N) is 4. The number of amides is 5. The van der Waals surface area contributed by atoms with Gasteiger partial charge in [-0.1, -0.05) is 43.2 Å². The first-order valence-corrected chi connectivity index (χ1v) is 23.8. The molecule has 1 aromatic carbocycles. The Kier molecular flexibility index (Phi) is 12.5. The van der Waals surface area contributed by atoms with E-state index in [2.05, 4.69) is 33.3 Å². The van der Waals surface area contributed by atoms with Gasteiger partial charge in [0.2, 0.25) is 27.7 Å². The molecule has 2 bridgehead atoms. The highest BCUT2D eigenvalue weighted by atomic mass is 32.2. The quantitative estimate of drug-likeness (QED) is 0.244. The van der Waals surface area contributed by atoms with E-state index >= 15 is 4.79 Å². The summed E-state index contributed by atoms with van der Waals surface area (Å²) in [6, 6.07) is 4.85. The third-order valence-electron chi connectivity index (χ3n) is 13.3.